The molecular formula is C18H20N6O4S2. The van der Waals surface area contributed by atoms with Gasteiger partial charge in [0.05, 0.1) is 15.8 Å². The standard InChI is InChI=1S/C18H20N6O4S2/c1-23(2)30(27,28)17-10-8-16(9-11-17)29(25,26)20-14-5-3-4-13(12-14)18-19-21-22-24(18)15-6-7-15/h3-5,8-12,15,20H,6-7H2,1-2H3. The molecule has 2 aromatic carbocycles. The molecule has 12 heteroatoms. The first-order valence-electron chi connectivity index (χ1n) is 9.12. The summed E-state index contributed by atoms with van der Waals surface area (Å²) in [5.74, 6) is 0.580. The third-order valence-electron chi connectivity index (χ3n) is 4.67. The van der Waals surface area contributed by atoms with E-state index >= 15 is 0 Å². The number of sulfonamides is 2. The molecule has 1 fully saturated rings. The highest BCUT2D eigenvalue weighted by atomic mass is 32.2. The molecule has 1 aliphatic carbocycles. The number of rotatable bonds is 7. The topological polar surface area (TPSA) is 127 Å². The molecule has 0 aliphatic heterocycles. The molecule has 0 amide bonds. The summed E-state index contributed by atoms with van der Waals surface area (Å²) in [5.41, 5.74) is 1.04. The van der Waals surface area contributed by atoms with E-state index in [9.17, 15) is 16.8 Å². The highest BCUT2D eigenvalue weighted by molar-refractivity contribution is 7.92. The molecular weight excluding hydrogens is 428 g/mol. The molecule has 0 saturated heterocycles. The second-order valence-corrected chi connectivity index (χ2v) is 11.0. The fourth-order valence-electron chi connectivity index (χ4n) is 2.89. The van der Waals surface area contributed by atoms with Crippen molar-refractivity contribution < 1.29 is 16.8 Å². The zero-order chi connectivity index (χ0) is 21.5. The van der Waals surface area contributed by atoms with Gasteiger partial charge in [-0.3, -0.25) is 4.72 Å². The predicted molar refractivity (Wildman–Crippen MR) is 110 cm³/mol. The average molecular weight is 449 g/mol. The van der Waals surface area contributed by atoms with Crippen LogP contribution in [0, 0.1) is 0 Å². The van der Waals surface area contributed by atoms with Gasteiger partial charge in [0.25, 0.3) is 10.0 Å². The zero-order valence-corrected chi connectivity index (χ0v) is 17.9. The molecule has 4 rings (SSSR count). The Hall–Kier alpha value is -2.83. The Morgan fingerprint density at radius 1 is 1.00 bits per heavy atom. The molecule has 0 unspecified atom stereocenters. The molecule has 0 atom stereocenters. The zero-order valence-electron chi connectivity index (χ0n) is 16.3. The molecule has 10 nitrogen and oxygen atoms in total. The first kappa shape index (κ1) is 20.4. The van der Waals surface area contributed by atoms with Crippen LogP contribution >= 0.6 is 0 Å². The van der Waals surface area contributed by atoms with Crippen LogP contribution in [0.2, 0.25) is 0 Å². The van der Waals surface area contributed by atoms with Crippen LogP contribution in [0.4, 0.5) is 5.69 Å². The summed E-state index contributed by atoms with van der Waals surface area (Å²) in [7, 11) is -4.73. The lowest BCUT2D eigenvalue weighted by atomic mass is 10.2. The fourth-order valence-corrected chi connectivity index (χ4v) is 4.84. The van der Waals surface area contributed by atoms with Gasteiger partial charge in [-0.25, -0.2) is 25.8 Å². The third kappa shape index (κ3) is 3.93. The van der Waals surface area contributed by atoms with E-state index in [2.05, 4.69) is 20.2 Å². The van der Waals surface area contributed by atoms with Gasteiger partial charge in [0.1, 0.15) is 0 Å². The van der Waals surface area contributed by atoms with Crippen molar-refractivity contribution in [2.45, 2.75) is 28.7 Å². The Bertz CT molecular complexity index is 1280. The summed E-state index contributed by atoms with van der Waals surface area (Å²) >= 11 is 0. The Kier molecular flexibility index (Phi) is 5.08. The number of nitrogens with one attached hydrogen (secondary N) is 1. The average Bonchev–Trinajstić information content (AvgIpc) is 3.44. The maximum absolute atomic E-state index is 12.8. The van der Waals surface area contributed by atoms with E-state index in [-0.39, 0.29) is 15.8 Å². The third-order valence-corrected chi connectivity index (χ3v) is 7.90. The first-order chi connectivity index (χ1) is 14.2. The summed E-state index contributed by atoms with van der Waals surface area (Å²) in [6, 6.07) is 12.1. The lowest BCUT2D eigenvalue weighted by Crippen LogP contribution is -2.22. The maximum atomic E-state index is 12.8. The minimum absolute atomic E-state index is 0.0142. The van der Waals surface area contributed by atoms with E-state index in [0.717, 1.165) is 17.1 Å². The summed E-state index contributed by atoms with van der Waals surface area (Å²) in [4.78, 5) is -0.0335. The number of anilines is 1. The maximum Gasteiger partial charge on any atom is 0.261 e. The molecule has 1 N–H and O–H groups in total. The van der Waals surface area contributed by atoms with Crippen LogP contribution in [0.15, 0.2) is 58.3 Å². The van der Waals surface area contributed by atoms with E-state index in [0.29, 0.717) is 17.1 Å². The van der Waals surface area contributed by atoms with E-state index in [1.165, 1.54) is 38.4 Å². The van der Waals surface area contributed by atoms with E-state index in [4.69, 9.17) is 0 Å². The van der Waals surface area contributed by atoms with Gasteiger partial charge in [-0.1, -0.05) is 12.1 Å². The number of aromatic nitrogens is 4. The second-order valence-electron chi connectivity index (χ2n) is 7.12. The number of tetrazole rings is 1. The SMILES string of the molecule is CN(C)S(=O)(=O)c1ccc(S(=O)(=O)Nc2cccc(-c3nnnn3C3CC3)c2)cc1. The van der Waals surface area contributed by atoms with Crippen LogP contribution in [0.3, 0.4) is 0 Å². The van der Waals surface area contributed by atoms with E-state index in [1.54, 1.807) is 22.9 Å². The van der Waals surface area contributed by atoms with Crippen molar-refractivity contribution in [3.63, 3.8) is 0 Å². The highest BCUT2D eigenvalue weighted by Crippen LogP contribution is 2.37. The molecule has 1 saturated carbocycles. The Balaban J connectivity index is 1.59. The van der Waals surface area contributed by atoms with Crippen molar-refractivity contribution in [1.29, 1.82) is 0 Å². The summed E-state index contributed by atoms with van der Waals surface area (Å²) in [6.07, 6.45) is 2.04. The molecule has 158 valence electrons. The second kappa shape index (κ2) is 7.45. The normalized spacial score (nSPS) is 14.8. The van der Waals surface area contributed by atoms with Crippen molar-refractivity contribution >= 4 is 25.7 Å². The summed E-state index contributed by atoms with van der Waals surface area (Å²) in [5, 5.41) is 11.8. The van der Waals surface area contributed by atoms with Gasteiger partial charge in [-0.15, -0.1) is 5.10 Å². The molecule has 0 bridgehead atoms. The van der Waals surface area contributed by atoms with Gasteiger partial charge >= 0.3 is 0 Å². The van der Waals surface area contributed by atoms with Crippen LogP contribution < -0.4 is 4.72 Å². The van der Waals surface area contributed by atoms with Gasteiger partial charge in [0.15, 0.2) is 5.82 Å². The minimum Gasteiger partial charge on any atom is -0.280 e. The predicted octanol–water partition coefficient (Wildman–Crippen LogP) is 1.73. The highest BCUT2D eigenvalue weighted by Gasteiger charge is 2.28. The van der Waals surface area contributed by atoms with Gasteiger partial charge in [-0.05, 0) is 59.7 Å². The summed E-state index contributed by atoms with van der Waals surface area (Å²) < 4.78 is 55.2. The van der Waals surface area contributed by atoms with Crippen LogP contribution in [0.25, 0.3) is 11.4 Å². The Labute approximate surface area is 174 Å². The molecule has 1 heterocycles. The fraction of sp³-hybridized carbons (Fsp3) is 0.278. The lowest BCUT2D eigenvalue weighted by Gasteiger charge is -2.12. The minimum atomic E-state index is -3.91. The molecule has 0 radical (unpaired) electrons. The van der Waals surface area contributed by atoms with Gasteiger partial charge < -0.3 is 0 Å². The van der Waals surface area contributed by atoms with Crippen LogP contribution in [0.5, 0.6) is 0 Å². The van der Waals surface area contributed by atoms with Crippen LogP contribution in [0.1, 0.15) is 18.9 Å². The van der Waals surface area contributed by atoms with Gasteiger partial charge in [0, 0.05) is 25.3 Å². The number of hydrogen-bond donors (Lipinski definition) is 1. The molecule has 30 heavy (non-hydrogen) atoms. The van der Waals surface area contributed by atoms with Crippen LogP contribution in [-0.2, 0) is 20.0 Å². The molecule has 3 aromatic rings. The number of benzene rings is 2. The Morgan fingerprint density at radius 2 is 1.67 bits per heavy atom. The summed E-state index contributed by atoms with van der Waals surface area (Å²) in [6.45, 7) is 0. The quantitative estimate of drug-likeness (QED) is 0.583. The molecule has 1 aliphatic rings. The monoisotopic (exact) mass is 448 g/mol. The van der Waals surface area contributed by atoms with Crippen molar-refractivity contribution in [2.75, 3.05) is 18.8 Å². The van der Waals surface area contributed by atoms with Crippen molar-refractivity contribution in [3.8, 4) is 11.4 Å². The lowest BCUT2D eigenvalue weighted by molar-refractivity contribution is 0.520. The van der Waals surface area contributed by atoms with Crippen molar-refractivity contribution in [1.82, 2.24) is 24.5 Å². The largest absolute Gasteiger partial charge is 0.280 e. The number of nitrogens with zero attached hydrogens (tertiary/aromatic N) is 5. The van der Waals surface area contributed by atoms with Crippen molar-refractivity contribution in [3.05, 3.63) is 48.5 Å². The Morgan fingerprint density at radius 3 is 2.30 bits per heavy atom. The van der Waals surface area contributed by atoms with E-state index in [1.807, 2.05) is 6.07 Å². The van der Waals surface area contributed by atoms with Crippen molar-refractivity contribution in [2.24, 2.45) is 0 Å². The smallest absolute Gasteiger partial charge is 0.261 e. The van der Waals surface area contributed by atoms with Gasteiger partial charge in [-0.2, -0.15) is 0 Å². The molecule has 1 aromatic heterocycles. The first-order valence-corrected chi connectivity index (χ1v) is 12.0. The number of hydrogen-bond acceptors (Lipinski definition) is 7. The van der Waals surface area contributed by atoms with Gasteiger partial charge in [0.2, 0.25) is 10.0 Å². The molecule has 0 spiro atoms. The van der Waals surface area contributed by atoms with Crippen LogP contribution in [-0.4, -0.2) is 55.4 Å². The van der Waals surface area contributed by atoms with E-state index < -0.39 is 20.0 Å².